The Morgan fingerprint density at radius 3 is 2.40 bits per heavy atom. The second-order valence-electron chi connectivity index (χ2n) is 6.23. The van der Waals surface area contributed by atoms with Crippen LogP contribution < -0.4 is 0 Å². The molecule has 0 aromatic heterocycles. The summed E-state index contributed by atoms with van der Waals surface area (Å²) >= 11 is 0. The number of hydrogen-bond acceptors (Lipinski definition) is 0. The van der Waals surface area contributed by atoms with Gasteiger partial charge in [-0.3, -0.25) is 0 Å². The van der Waals surface area contributed by atoms with Crippen molar-refractivity contribution in [3.8, 4) is 0 Å². The van der Waals surface area contributed by atoms with Crippen molar-refractivity contribution in [2.24, 2.45) is 11.8 Å². The molecule has 1 unspecified atom stereocenters. The maximum absolute atomic E-state index is 4.39. The molecule has 0 saturated heterocycles. The molecular weight excluding hydrogens is 240 g/mol. The van der Waals surface area contributed by atoms with E-state index in [9.17, 15) is 0 Å². The summed E-state index contributed by atoms with van der Waals surface area (Å²) in [6, 6.07) is 8.59. The van der Waals surface area contributed by atoms with Gasteiger partial charge in [0.25, 0.3) is 0 Å². The van der Waals surface area contributed by atoms with Crippen molar-refractivity contribution in [2.75, 3.05) is 0 Å². The highest BCUT2D eigenvalue weighted by atomic mass is 14.4. The van der Waals surface area contributed by atoms with Gasteiger partial charge in [-0.05, 0) is 48.3 Å². The molecule has 2 atom stereocenters. The number of allylic oxidation sites excluding steroid dienone is 4. The molecule has 0 N–H and O–H groups in total. The van der Waals surface area contributed by atoms with Gasteiger partial charge in [0, 0.05) is 5.92 Å². The number of fused-ring (bicyclic) bond motifs is 1. The van der Waals surface area contributed by atoms with Crippen LogP contribution in [-0.4, -0.2) is 0 Å². The molecule has 3 rings (SSSR count). The fourth-order valence-electron chi connectivity index (χ4n) is 3.79. The molecule has 0 heteroatoms. The molecule has 2 aliphatic rings. The summed E-state index contributed by atoms with van der Waals surface area (Å²) in [6.07, 6.45) is 4.21. The van der Waals surface area contributed by atoms with E-state index in [-0.39, 0.29) is 0 Å². The number of rotatable bonds is 1. The summed E-state index contributed by atoms with van der Waals surface area (Å²) in [4.78, 5) is 0. The quantitative estimate of drug-likeness (QED) is 0.599. The van der Waals surface area contributed by atoms with Gasteiger partial charge in [-0.2, -0.15) is 0 Å². The van der Waals surface area contributed by atoms with Crippen LogP contribution in [0.15, 0.2) is 67.3 Å². The second-order valence-corrected chi connectivity index (χ2v) is 6.23. The van der Waals surface area contributed by atoms with Crippen LogP contribution in [0.4, 0.5) is 0 Å². The topological polar surface area (TPSA) is 0 Å². The average molecular weight is 262 g/mol. The van der Waals surface area contributed by atoms with Crippen LogP contribution >= 0.6 is 0 Å². The smallest absolute Gasteiger partial charge is 0.0115 e. The van der Waals surface area contributed by atoms with Gasteiger partial charge in [0.15, 0.2) is 0 Å². The highest BCUT2D eigenvalue weighted by Gasteiger charge is 2.34. The highest BCUT2D eigenvalue weighted by molar-refractivity contribution is 5.74. The molecule has 1 aromatic carbocycles. The predicted octanol–water partition coefficient (Wildman–Crippen LogP) is 5.34. The van der Waals surface area contributed by atoms with Crippen molar-refractivity contribution in [1.82, 2.24) is 0 Å². The lowest BCUT2D eigenvalue weighted by Gasteiger charge is -2.39. The second kappa shape index (κ2) is 4.94. The third-order valence-corrected chi connectivity index (χ3v) is 4.81. The zero-order valence-electron chi connectivity index (χ0n) is 12.1. The van der Waals surface area contributed by atoms with Gasteiger partial charge in [0.2, 0.25) is 0 Å². The van der Waals surface area contributed by atoms with E-state index < -0.39 is 0 Å². The molecule has 0 radical (unpaired) electrons. The van der Waals surface area contributed by atoms with Gasteiger partial charge < -0.3 is 0 Å². The molecule has 0 amide bonds. The van der Waals surface area contributed by atoms with E-state index in [0.29, 0.717) is 11.8 Å². The molecule has 0 bridgehead atoms. The average Bonchev–Trinajstić information content (AvgIpc) is 2.41. The molecule has 0 nitrogen and oxygen atoms in total. The zero-order chi connectivity index (χ0) is 14.3. The Kier molecular flexibility index (Phi) is 3.25. The first kappa shape index (κ1) is 13.2. The summed E-state index contributed by atoms with van der Waals surface area (Å²) < 4.78 is 0. The van der Waals surface area contributed by atoms with E-state index in [1.165, 1.54) is 33.4 Å². The molecule has 2 aliphatic carbocycles. The Hall–Kier alpha value is -1.82. The lowest BCUT2D eigenvalue weighted by molar-refractivity contribution is 0.438. The van der Waals surface area contributed by atoms with Gasteiger partial charge >= 0.3 is 0 Å². The lowest BCUT2D eigenvalue weighted by atomic mass is 9.65. The van der Waals surface area contributed by atoms with Crippen LogP contribution in [0.3, 0.4) is 0 Å². The molecule has 0 spiro atoms. The zero-order valence-corrected chi connectivity index (χ0v) is 12.1. The van der Waals surface area contributed by atoms with Gasteiger partial charge in [-0.15, -0.1) is 0 Å². The third kappa shape index (κ3) is 2.10. The minimum atomic E-state index is 0.366. The Morgan fingerprint density at radius 1 is 0.900 bits per heavy atom. The summed E-state index contributed by atoms with van der Waals surface area (Å²) in [5, 5.41) is 0. The predicted molar refractivity (Wildman–Crippen MR) is 87.4 cm³/mol. The van der Waals surface area contributed by atoms with Crippen LogP contribution in [0.1, 0.15) is 30.4 Å². The normalized spacial score (nSPS) is 26.6. The fraction of sp³-hybridized carbons (Fsp3) is 0.300. The van der Waals surface area contributed by atoms with E-state index in [1.807, 2.05) is 0 Å². The molecular formula is C20H22. The van der Waals surface area contributed by atoms with Crippen LogP contribution in [-0.2, 0) is 6.42 Å². The molecule has 1 fully saturated rings. The van der Waals surface area contributed by atoms with Crippen molar-refractivity contribution in [2.45, 2.75) is 25.7 Å². The Morgan fingerprint density at radius 2 is 1.65 bits per heavy atom. The minimum Gasteiger partial charge on any atom is -0.0995 e. The lowest BCUT2D eigenvalue weighted by Crippen LogP contribution is -2.26. The first-order chi connectivity index (χ1) is 9.58. The van der Waals surface area contributed by atoms with Crippen molar-refractivity contribution in [3.63, 3.8) is 0 Å². The van der Waals surface area contributed by atoms with Crippen molar-refractivity contribution in [3.05, 3.63) is 78.4 Å². The molecule has 0 aliphatic heterocycles. The standard InChI is InChI=1S/C20H22/c1-13-9-10-18(14(2)11-13)20-15(3)12-17-7-5-6-8-19(17)16(20)4/h5-8,18,20H,1-4,9-12H2/t18-,20?/m1/s1. The fourth-order valence-corrected chi connectivity index (χ4v) is 3.79. The monoisotopic (exact) mass is 262 g/mol. The van der Waals surface area contributed by atoms with Gasteiger partial charge in [-0.25, -0.2) is 0 Å². The molecule has 20 heavy (non-hydrogen) atoms. The summed E-state index contributed by atoms with van der Waals surface area (Å²) in [5.74, 6) is 0.861. The van der Waals surface area contributed by atoms with Gasteiger partial charge in [0.05, 0.1) is 0 Å². The Labute approximate surface area is 122 Å². The van der Waals surface area contributed by atoms with E-state index in [0.717, 1.165) is 25.7 Å². The van der Waals surface area contributed by atoms with Gasteiger partial charge in [-0.1, -0.05) is 67.3 Å². The SMILES string of the molecule is C=C1CC[C@@H](C2C(=C)Cc3ccccc3C2=C)C(=C)C1. The van der Waals surface area contributed by atoms with Gasteiger partial charge in [0.1, 0.15) is 0 Å². The van der Waals surface area contributed by atoms with Crippen LogP contribution in [0, 0.1) is 11.8 Å². The molecule has 1 aromatic rings. The number of hydrogen-bond donors (Lipinski definition) is 0. The number of benzene rings is 1. The maximum atomic E-state index is 4.39. The van der Waals surface area contributed by atoms with E-state index in [1.54, 1.807) is 0 Å². The minimum absolute atomic E-state index is 0.366. The van der Waals surface area contributed by atoms with Crippen molar-refractivity contribution >= 4 is 5.57 Å². The summed E-state index contributed by atoms with van der Waals surface area (Å²) in [5.41, 5.74) is 7.85. The Bertz CT molecular complexity index is 615. The van der Waals surface area contributed by atoms with Crippen molar-refractivity contribution in [1.29, 1.82) is 0 Å². The molecule has 1 saturated carbocycles. The van der Waals surface area contributed by atoms with E-state index in [2.05, 4.69) is 50.6 Å². The molecule has 0 heterocycles. The maximum Gasteiger partial charge on any atom is 0.0115 e. The van der Waals surface area contributed by atoms with E-state index in [4.69, 9.17) is 0 Å². The summed E-state index contributed by atoms with van der Waals surface area (Å²) in [7, 11) is 0. The van der Waals surface area contributed by atoms with E-state index >= 15 is 0 Å². The third-order valence-electron chi connectivity index (χ3n) is 4.81. The van der Waals surface area contributed by atoms with Crippen LogP contribution in [0.25, 0.3) is 5.57 Å². The first-order valence-electron chi connectivity index (χ1n) is 7.37. The van der Waals surface area contributed by atoms with Crippen molar-refractivity contribution < 1.29 is 0 Å². The Balaban J connectivity index is 1.95. The largest absolute Gasteiger partial charge is 0.0995 e. The molecule has 102 valence electrons. The first-order valence-corrected chi connectivity index (χ1v) is 7.37. The van der Waals surface area contributed by atoms with Crippen LogP contribution in [0.2, 0.25) is 0 Å². The summed E-state index contributed by atoms with van der Waals surface area (Å²) in [6.45, 7) is 17.2. The van der Waals surface area contributed by atoms with Crippen LogP contribution in [0.5, 0.6) is 0 Å². The highest BCUT2D eigenvalue weighted by Crippen LogP contribution is 2.47.